The van der Waals surface area contributed by atoms with Crippen molar-refractivity contribution >= 4 is 23.3 Å². The van der Waals surface area contributed by atoms with Gasteiger partial charge in [0, 0.05) is 18.7 Å². The van der Waals surface area contributed by atoms with Crippen molar-refractivity contribution in [2.75, 3.05) is 18.8 Å². The average Bonchev–Trinajstić information content (AvgIpc) is 3.48. The molecule has 150 valence electrons. The van der Waals surface area contributed by atoms with Crippen molar-refractivity contribution in [1.82, 2.24) is 24.7 Å². The first-order valence-corrected chi connectivity index (χ1v) is 11.1. The molecule has 0 bridgehead atoms. The Hall–Kier alpha value is -3.19. The molecule has 1 aliphatic heterocycles. The molecule has 0 spiro atoms. The Labute approximate surface area is 178 Å². The minimum absolute atomic E-state index is 0.155. The van der Waals surface area contributed by atoms with Crippen LogP contribution in [0.15, 0.2) is 71.9 Å². The van der Waals surface area contributed by atoms with Gasteiger partial charge in [0.1, 0.15) is 0 Å². The lowest BCUT2D eigenvalue weighted by Crippen LogP contribution is -2.29. The number of amides is 1. The molecular weight excluding hydrogens is 394 g/mol. The third-order valence-corrected chi connectivity index (χ3v) is 6.21. The zero-order valence-corrected chi connectivity index (χ0v) is 17.3. The Morgan fingerprint density at radius 1 is 0.833 bits per heavy atom. The van der Waals surface area contributed by atoms with E-state index in [0.29, 0.717) is 16.6 Å². The van der Waals surface area contributed by atoms with Gasteiger partial charge in [-0.25, -0.2) is 0 Å². The number of thioether (sulfide) groups is 1. The van der Waals surface area contributed by atoms with Crippen LogP contribution in [0.5, 0.6) is 0 Å². The number of hydrogen-bond donors (Lipinski definition) is 0. The van der Waals surface area contributed by atoms with Crippen LogP contribution in [0.25, 0.3) is 28.0 Å². The number of hydrogen-bond acceptors (Lipinski definition) is 5. The normalized spacial score (nSPS) is 13.8. The standard InChI is InChI=1S/C23H21N5OS/c29-22(27-14-4-5-15-27)16-30-23-25-24-21-13-12-20(26-28(21)23)19-10-8-18(9-11-19)17-6-2-1-3-7-17/h1-3,6-13H,4-5,14-16H2. The number of nitrogens with zero attached hydrogens (tertiary/aromatic N) is 5. The largest absolute Gasteiger partial charge is 0.342 e. The molecule has 0 aliphatic carbocycles. The lowest BCUT2D eigenvalue weighted by Gasteiger charge is -2.14. The number of rotatable bonds is 5. The predicted octanol–water partition coefficient (Wildman–Crippen LogP) is 4.17. The highest BCUT2D eigenvalue weighted by molar-refractivity contribution is 7.99. The van der Waals surface area contributed by atoms with Gasteiger partial charge in [-0.05, 0) is 36.1 Å². The fourth-order valence-corrected chi connectivity index (χ4v) is 4.45. The van der Waals surface area contributed by atoms with E-state index in [4.69, 9.17) is 5.10 Å². The molecule has 6 nitrogen and oxygen atoms in total. The Morgan fingerprint density at radius 2 is 1.53 bits per heavy atom. The molecule has 1 amide bonds. The molecule has 7 heteroatoms. The summed E-state index contributed by atoms with van der Waals surface area (Å²) >= 11 is 1.39. The summed E-state index contributed by atoms with van der Waals surface area (Å²) in [4.78, 5) is 14.3. The van der Waals surface area contributed by atoms with Gasteiger partial charge in [-0.15, -0.1) is 10.2 Å². The van der Waals surface area contributed by atoms with E-state index in [2.05, 4.69) is 46.6 Å². The van der Waals surface area contributed by atoms with Gasteiger partial charge < -0.3 is 4.90 Å². The van der Waals surface area contributed by atoms with Crippen LogP contribution in [0.4, 0.5) is 0 Å². The number of benzene rings is 2. The molecular formula is C23H21N5OS. The van der Waals surface area contributed by atoms with Crippen molar-refractivity contribution in [2.24, 2.45) is 0 Å². The maximum absolute atomic E-state index is 12.3. The molecule has 2 aromatic heterocycles. The SMILES string of the molecule is O=C(CSc1nnc2ccc(-c3ccc(-c4ccccc4)cc3)nn12)N1CCCC1. The number of carbonyl (C=O) groups excluding carboxylic acids is 1. The van der Waals surface area contributed by atoms with Crippen LogP contribution in [-0.4, -0.2) is 49.5 Å². The number of likely N-dealkylation sites (tertiary alicyclic amines) is 1. The van der Waals surface area contributed by atoms with Crippen molar-refractivity contribution in [1.29, 1.82) is 0 Å². The average molecular weight is 416 g/mol. The van der Waals surface area contributed by atoms with Crippen molar-refractivity contribution in [2.45, 2.75) is 18.0 Å². The zero-order chi connectivity index (χ0) is 20.3. The zero-order valence-electron chi connectivity index (χ0n) is 16.4. The minimum Gasteiger partial charge on any atom is -0.342 e. The smallest absolute Gasteiger partial charge is 0.233 e. The summed E-state index contributed by atoms with van der Waals surface area (Å²) in [6, 6.07) is 22.5. The summed E-state index contributed by atoms with van der Waals surface area (Å²) in [5, 5.41) is 13.8. The molecule has 5 rings (SSSR count). The van der Waals surface area contributed by atoms with E-state index in [1.54, 1.807) is 4.52 Å². The quantitative estimate of drug-likeness (QED) is 0.458. The maximum atomic E-state index is 12.3. The number of carbonyl (C=O) groups is 1. The molecule has 0 unspecified atom stereocenters. The monoisotopic (exact) mass is 415 g/mol. The molecule has 3 heterocycles. The van der Waals surface area contributed by atoms with E-state index in [-0.39, 0.29) is 5.91 Å². The first-order chi connectivity index (χ1) is 14.8. The van der Waals surface area contributed by atoms with Crippen LogP contribution in [0, 0.1) is 0 Å². The van der Waals surface area contributed by atoms with Crippen molar-refractivity contribution in [3.8, 4) is 22.4 Å². The van der Waals surface area contributed by atoms with E-state index >= 15 is 0 Å². The molecule has 2 aromatic carbocycles. The minimum atomic E-state index is 0.155. The van der Waals surface area contributed by atoms with Crippen molar-refractivity contribution in [3.05, 3.63) is 66.7 Å². The fourth-order valence-electron chi connectivity index (χ4n) is 3.66. The van der Waals surface area contributed by atoms with Crippen molar-refractivity contribution in [3.63, 3.8) is 0 Å². The molecule has 0 atom stereocenters. The van der Waals surface area contributed by atoms with E-state index in [1.165, 1.54) is 22.9 Å². The molecule has 30 heavy (non-hydrogen) atoms. The van der Waals surface area contributed by atoms with Gasteiger partial charge in [0.2, 0.25) is 11.1 Å². The summed E-state index contributed by atoms with van der Waals surface area (Å²) in [5.74, 6) is 0.514. The summed E-state index contributed by atoms with van der Waals surface area (Å²) in [7, 11) is 0. The van der Waals surface area contributed by atoms with Crippen LogP contribution in [-0.2, 0) is 4.79 Å². The molecule has 0 radical (unpaired) electrons. The molecule has 1 aliphatic rings. The second-order valence-corrected chi connectivity index (χ2v) is 8.23. The van der Waals surface area contributed by atoms with Gasteiger partial charge in [0.25, 0.3) is 0 Å². The lowest BCUT2D eigenvalue weighted by atomic mass is 10.0. The fraction of sp³-hybridized carbons (Fsp3) is 0.217. The topological polar surface area (TPSA) is 63.4 Å². The Balaban J connectivity index is 1.36. The highest BCUT2D eigenvalue weighted by Gasteiger charge is 2.19. The Morgan fingerprint density at radius 3 is 2.30 bits per heavy atom. The van der Waals surface area contributed by atoms with Crippen molar-refractivity contribution < 1.29 is 4.79 Å². The Bertz CT molecular complexity index is 1170. The highest BCUT2D eigenvalue weighted by atomic mass is 32.2. The van der Waals surface area contributed by atoms with E-state index in [1.807, 2.05) is 35.2 Å². The van der Waals surface area contributed by atoms with E-state index in [9.17, 15) is 4.79 Å². The molecule has 1 fully saturated rings. The van der Waals surface area contributed by atoms with Gasteiger partial charge in [-0.2, -0.15) is 9.61 Å². The molecule has 1 saturated heterocycles. The van der Waals surface area contributed by atoms with Gasteiger partial charge in [-0.3, -0.25) is 4.79 Å². The number of aromatic nitrogens is 4. The molecule has 0 saturated carbocycles. The second-order valence-electron chi connectivity index (χ2n) is 7.29. The third kappa shape index (κ3) is 3.80. The van der Waals surface area contributed by atoms with Crippen LogP contribution < -0.4 is 0 Å². The maximum Gasteiger partial charge on any atom is 0.233 e. The van der Waals surface area contributed by atoms with Gasteiger partial charge in [0.05, 0.1) is 11.4 Å². The van der Waals surface area contributed by atoms with Crippen LogP contribution in [0.2, 0.25) is 0 Å². The second kappa shape index (κ2) is 8.28. The van der Waals surface area contributed by atoms with Gasteiger partial charge in [-0.1, -0.05) is 66.4 Å². The molecule has 0 N–H and O–H groups in total. The first-order valence-electron chi connectivity index (χ1n) is 10.1. The summed E-state index contributed by atoms with van der Waals surface area (Å²) < 4.78 is 1.72. The van der Waals surface area contributed by atoms with Crippen LogP contribution in [0.3, 0.4) is 0 Å². The van der Waals surface area contributed by atoms with Gasteiger partial charge >= 0.3 is 0 Å². The first kappa shape index (κ1) is 18.8. The lowest BCUT2D eigenvalue weighted by molar-refractivity contribution is -0.127. The summed E-state index contributed by atoms with van der Waals surface area (Å²) in [5.41, 5.74) is 4.90. The van der Waals surface area contributed by atoms with E-state index < -0.39 is 0 Å². The predicted molar refractivity (Wildman–Crippen MR) is 118 cm³/mol. The van der Waals surface area contributed by atoms with Gasteiger partial charge in [0.15, 0.2) is 5.65 Å². The molecule has 4 aromatic rings. The summed E-state index contributed by atoms with van der Waals surface area (Å²) in [6.07, 6.45) is 2.19. The summed E-state index contributed by atoms with van der Waals surface area (Å²) in [6.45, 7) is 1.72. The third-order valence-electron chi connectivity index (χ3n) is 5.31. The Kier molecular flexibility index (Phi) is 5.19. The highest BCUT2D eigenvalue weighted by Crippen LogP contribution is 2.25. The van der Waals surface area contributed by atoms with E-state index in [0.717, 1.165) is 37.2 Å². The number of fused-ring (bicyclic) bond motifs is 1. The van der Waals surface area contributed by atoms with Crippen LogP contribution in [0.1, 0.15) is 12.8 Å². The van der Waals surface area contributed by atoms with Crippen LogP contribution >= 0.6 is 11.8 Å².